The highest BCUT2D eigenvalue weighted by molar-refractivity contribution is 5.81. The van der Waals surface area contributed by atoms with E-state index in [2.05, 4.69) is 24.1 Å². The summed E-state index contributed by atoms with van der Waals surface area (Å²) in [5.74, 6) is 0.819. The summed E-state index contributed by atoms with van der Waals surface area (Å²) in [4.78, 5) is 14.5. The van der Waals surface area contributed by atoms with Gasteiger partial charge in [-0.05, 0) is 58.0 Å². The maximum atomic E-state index is 12.2. The third-order valence-electron chi connectivity index (χ3n) is 4.06. The first-order valence-corrected chi connectivity index (χ1v) is 7.79. The van der Waals surface area contributed by atoms with Gasteiger partial charge in [0.15, 0.2) is 0 Å². The van der Waals surface area contributed by atoms with E-state index in [0.29, 0.717) is 12.0 Å². The summed E-state index contributed by atoms with van der Waals surface area (Å²) in [6.45, 7) is 8.98. The average molecular weight is 269 g/mol. The van der Waals surface area contributed by atoms with Gasteiger partial charge in [-0.15, -0.1) is 0 Å². The van der Waals surface area contributed by atoms with Crippen molar-refractivity contribution in [1.29, 1.82) is 0 Å². The van der Waals surface area contributed by atoms with Gasteiger partial charge in [0.1, 0.15) is 0 Å². The maximum absolute atomic E-state index is 12.2. The number of nitrogens with zero attached hydrogens (tertiary/aromatic N) is 1. The lowest BCUT2D eigenvalue weighted by atomic mass is 10.1. The summed E-state index contributed by atoms with van der Waals surface area (Å²) in [7, 11) is 0. The number of nitrogens with one attached hydrogen (secondary N) is 1. The highest BCUT2D eigenvalue weighted by Gasteiger charge is 2.31. The van der Waals surface area contributed by atoms with Crippen molar-refractivity contribution < 1.29 is 4.79 Å². The maximum Gasteiger partial charge on any atom is 0.237 e. The molecule has 0 aromatic carbocycles. The Balaban J connectivity index is 2.37. The molecule has 1 amide bonds. The molecule has 3 N–H and O–H groups in total. The van der Waals surface area contributed by atoms with Crippen molar-refractivity contribution in [2.75, 3.05) is 19.6 Å². The Bertz CT molecular complexity index is 268. The standard InChI is InChI=1S/C15H31N3O/c1-12(2)8-10-17-15(19)13(3)18-11-5-7-14(18)6-4-9-16/h12-14H,4-11,16H2,1-3H3,(H,17,19). The second kappa shape index (κ2) is 8.54. The molecule has 1 aliphatic heterocycles. The highest BCUT2D eigenvalue weighted by Crippen LogP contribution is 2.23. The van der Waals surface area contributed by atoms with Crippen LogP contribution in [0.2, 0.25) is 0 Å². The van der Waals surface area contributed by atoms with Gasteiger partial charge < -0.3 is 11.1 Å². The zero-order valence-corrected chi connectivity index (χ0v) is 12.8. The fraction of sp³-hybridized carbons (Fsp3) is 0.933. The quantitative estimate of drug-likeness (QED) is 0.705. The van der Waals surface area contributed by atoms with Crippen LogP contribution in [0.25, 0.3) is 0 Å². The Labute approximate surface area is 118 Å². The van der Waals surface area contributed by atoms with Crippen LogP contribution in [-0.4, -0.2) is 42.5 Å². The van der Waals surface area contributed by atoms with Gasteiger partial charge in [-0.2, -0.15) is 0 Å². The van der Waals surface area contributed by atoms with Crippen LogP contribution in [0.4, 0.5) is 0 Å². The van der Waals surface area contributed by atoms with E-state index >= 15 is 0 Å². The van der Waals surface area contributed by atoms with Gasteiger partial charge in [0.05, 0.1) is 6.04 Å². The summed E-state index contributed by atoms with van der Waals surface area (Å²) in [5.41, 5.74) is 5.58. The van der Waals surface area contributed by atoms with Crippen LogP contribution < -0.4 is 11.1 Å². The van der Waals surface area contributed by atoms with Crippen molar-refractivity contribution in [3.8, 4) is 0 Å². The fourth-order valence-corrected chi connectivity index (χ4v) is 2.81. The Hall–Kier alpha value is -0.610. The van der Waals surface area contributed by atoms with Crippen LogP contribution in [0, 0.1) is 5.92 Å². The first-order chi connectivity index (χ1) is 9.06. The molecule has 19 heavy (non-hydrogen) atoms. The van der Waals surface area contributed by atoms with Gasteiger partial charge >= 0.3 is 0 Å². The number of rotatable bonds is 8. The molecule has 0 aromatic rings. The summed E-state index contributed by atoms with van der Waals surface area (Å²) in [5, 5.41) is 3.06. The third kappa shape index (κ3) is 5.49. The molecular formula is C15H31N3O. The van der Waals surface area contributed by atoms with E-state index in [1.807, 2.05) is 6.92 Å². The molecule has 1 fully saturated rings. The second-order valence-electron chi connectivity index (χ2n) is 6.11. The molecular weight excluding hydrogens is 238 g/mol. The fourth-order valence-electron chi connectivity index (χ4n) is 2.81. The molecule has 2 unspecified atom stereocenters. The summed E-state index contributed by atoms with van der Waals surface area (Å²) in [6, 6.07) is 0.548. The van der Waals surface area contributed by atoms with Crippen molar-refractivity contribution in [1.82, 2.24) is 10.2 Å². The summed E-state index contributed by atoms with van der Waals surface area (Å²) in [6.07, 6.45) is 5.65. The van der Waals surface area contributed by atoms with E-state index in [0.717, 1.165) is 38.9 Å². The molecule has 0 spiro atoms. The number of carbonyl (C=O) groups is 1. The number of carbonyl (C=O) groups excluding carboxylic acids is 1. The molecule has 112 valence electrons. The molecule has 0 aliphatic carbocycles. The Kier molecular flexibility index (Phi) is 7.39. The SMILES string of the molecule is CC(C)CCNC(=O)C(C)N1CCCC1CCCN. The molecule has 4 nitrogen and oxygen atoms in total. The van der Waals surface area contributed by atoms with Crippen LogP contribution in [0.5, 0.6) is 0 Å². The topological polar surface area (TPSA) is 58.4 Å². The molecule has 4 heteroatoms. The number of hydrogen-bond acceptors (Lipinski definition) is 3. The van der Waals surface area contributed by atoms with Crippen LogP contribution in [0.15, 0.2) is 0 Å². The van der Waals surface area contributed by atoms with E-state index in [1.165, 1.54) is 12.8 Å². The average Bonchev–Trinajstić information content (AvgIpc) is 2.82. The van der Waals surface area contributed by atoms with E-state index in [1.54, 1.807) is 0 Å². The normalized spacial score (nSPS) is 21.8. The number of likely N-dealkylation sites (tertiary alicyclic amines) is 1. The minimum absolute atomic E-state index is 0.00237. The molecule has 0 saturated carbocycles. The van der Waals surface area contributed by atoms with Crippen molar-refractivity contribution in [2.24, 2.45) is 11.7 Å². The molecule has 0 radical (unpaired) electrons. The Morgan fingerprint density at radius 3 is 2.79 bits per heavy atom. The van der Waals surface area contributed by atoms with Crippen LogP contribution in [0.3, 0.4) is 0 Å². The molecule has 0 aromatic heterocycles. The van der Waals surface area contributed by atoms with Crippen LogP contribution >= 0.6 is 0 Å². The van der Waals surface area contributed by atoms with Gasteiger partial charge in [-0.1, -0.05) is 13.8 Å². The third-order valence-corrected chi connectivity index (χ3v) is 4.06. The molecule has 0 bridgehead atoms. The lowest BCUT2D eigenvalue weighted by Gasteiger charge is -2.30. The summed E-state index contributed by atoms with van der Waals surface area (Å²) < 4.78 is 0. The van der Waals surface area contributed by atoms with Gasteiger partial charge in [-0.25, -0.2) is 0 Å². The lowest BCUT2D eigenvalue weighted by molar-refractivity contribution is -0.126. The zero-order chi connectivity index (χ0) is 14.3. The first-order valence-electron chi connectivity index (χ1n) is 7.79. The first kappa shape index (κ1) is 16.4. The van der Waals surface area contributed by atoms with Gasteiger partial charge in [-0.3, -0.25) is 9.69 Å². The van der Waals surface area contributed by atoms with Crippen LogP contribution in [-0.2, 0) is 4.79 Å². The smallest absolute Gasteiger partial charge is 0.237 e. The van der Waals surface area contributed by atoms with E-state index in [4.69, 9.17) is 5.73 Å². The number of hydrogen-bond donors (Lipinski definition) is 2. The predicted octanol–water partition coefficient (Wildman–Crippen LogP) is 1.74. The van der Waals surface area contributed by atoms with Crippen molar-refractivity contribution in [3.63, 3.8) is 0 Å². The minimum Gasteiger partial charge on any atom is -0.355 e. The highest BCUT2D eigenvalue weighted by atomic mass is 16.2. The Morgan fingerprint density at radius 2 is 2.16 bits per heavy atom. The largest absolute Gasteiger partial charge is 0.355 e. The van der Waals surface area contributed by atoms with Gasteiger partial charge in [0.2, 0.25) is 5.91 Å². The molecule has 2 atom stereocenters. The predicted molar refractivity (Wildman–Crippen MR) is 79.9 cm³/mol. The molecule has 1 heterocycles. The lowest BCUT2D eigenvalue weighted by Crippen LogP contribution is -2.47. The molecule has 1 aliphatic rings. The van der Waals surface area contributed by atoms with Crippen molar-refractivity contribution in [2.45, 2.75) is 65.0 Å². The van der Waals surface area contributed by atoms with Crippen LogP contribution in [0.1, 0.15) is 52.9 Å². The van der Waals surface area contributed by atoms with Crippen molar-refractivity contribution >= 4 is 5.91 Å². The van der Waals surface area contributed by atoms with Gasteiger partial charge in [0, 0.05) is 12.6 Å². The minimum atomic E-state index is -0.00237. The second-order valence-corrected chi connectivity index (χ2v) is 6.11. The Morgan fingerprint density at radius 1 is 1.42 bits per heavy atom. The van der Waals surface area contributed by atoms with E-state index < -0.39 is 0 Å². The molecule has 1 rings (SSSR count). The number of nitrogens with two attached hydrogens (primary N) is 1. The zero-order valence-electron chi connectivity index (χ0n) is 12.8. The summed E-state index contributed by atoms with van der Waals surface area (Å²) >= 11 is 0. The van der Waals surface area contributed by atoms with E-state index in [9.17, 15) is 4.79 Å². The molecule has 1 saturated heterocycles. The monoisotopic (exact) mass is 269 g/mol. The van der Waals surface area contributed by atoms with E-state index in [-0.39, 0.29) is 11.9 Å². The number of amides is 1. The van der Waals surface area contributed by atoms with Crippen molar-refractivity contribution in [3.05, 3.63) is 0 Å². The van der Waals surface area contributed by atoms with Gasteiger partial charge in [0.25, 0.3) is 0 Å².